The molecule has 0 aliphatic carbocycles. The van der Waals surface area contributed by atoms with E-state index in [1.165, 1.54) is 14.2 Å². The number of esters is 1. The second-order valence-electron chi connectivity index (χ2n) is 7.07. The van der Waals surface area contributed by atoms with Crippen LogP contribution in [0.3, 0.4) is 0 Å². The minimum absolute atomic E-state index is 0.0419. The lowest BCUT2D eigenvalue weighted by atomic mass is 10.0. The number of rotatable bonds is 9. The van der Waals surface area contributed by atoms with Crippen LogP contribution < -0.4 is 4.74 Å². The highest BCUT2D eigenvalue weighted by molar-refractivity contribution is 6.43. The summed E-state index contributed by atoms with van der Waals surface area (Å²) in [7, 11) is 4.45. The van der Waals surface area contributed by atoms with Gasteiger partial charge in [-0.1, -0.05) is 52.8 Å². The molecule has 0 atom stereocenters. The molecule has 1 heterocycles. The third-order valence-corrected chi connectivity index (χ3v) is 4.82. The summed E-state index contributed by atoms with van der Waals surface area (Å²) in [6, 6.07) is 14.9. The number of hydrogen-bond donors (Lipinski definition) is 0. The minimum Gasteiger partial charge on any atom is -0.464 e. The first kappa shape index (κ1) is 23.5. The van der Waals surface area contributed by atoms with Gasteiger partial charge in [0, 0.05) is 18.2 Å². The Morgan fingerprint density at radius 1 is 1.09 bits per heavy atom. The number of carbonyl (C=O) groups excluding carboxylic acids is 1. The highest BCUT2D eigenvalue weighted by atomic mass is 16.6. The van der Waals surface area contributed by atoms with Crippen molar-refractivity contribution in [3.63, 3.8) is 0 Å². The minimum atomic E-state index is -0.614. The Hall–Kier alpha value is -4.14. The van der Waals surface area contributed by atoms with Gasteiger partial charge in [-0.05, 0) is 25.5 Å². The van der Waals surface area contributed by atoms with Gasteiger partial charge in [0.25, 0.3) is 0 Å². The molecule has 0 N–H and O–H groups in total. The first-order valence-electron chi connectivity index (χ1n) is 10.2. The van der Waals surface area contributed by atoms with Gasteiger partial charge < -0.3 is 19.1 Å². The van der Waals surface area contributed by atoms with Crippen molar-refractivity contribution >= 4 is 17.9 Å². The number of aryl methyl sites for hydroxylation is 3. The second-order valence-corrected chi connectivity index (χ2v) is 7.07. The molecule has 33 heavy (non-hydrogen) atoms. The van der Waals surface area contributed by atoms with E-state index in [2.05, 4.69) is 15.4 Å². The number of oxime groups is 2. The molecule has 0 unspecified atom stereocenters. The average molecular weight is 450 g/mol. The Labute approximate surface area is 192 Å². The number of aromatic nitrogens is 2. The highest BCUT2D eigenvalue weighted by Gasteiger charge is 2.19. The van der Waals surface area contributed by atoms with Crippen molar-refractivity contribution in [1.82, 2.24) is 9.78 Å². The summed E-state index contributed by atoms with van der Waals surface area (Å²) < 4.78 is 12.6. The number of benzene rings is 2. The molecule has 0 aliphatic heterocycles. The molecule has 0 aliphatic rings. The van der Waals surface area contributed by atoms with Crippen molar-refractivity contribution in [3.05, 3.63) is 76.5 Å². The summed E-state index contributed by atoms with van der Waals surface area (Å²) in [5.74, 6) is 0.671. The summed E-state index contributed by atoms with van der Waals surface area (Å²) in [6.45, 7) is 3.94. The van der Waals surface area contributed by atoms with Crippen LogP contribution in [0, 0.1) is 13.8 Å². The van der Waals surface area contributed by atoms with Crippen molar-refractivity contribution < 1.29 is 23.9 Å². The van der Waals surface area contributed by atoms with Gasteiger partial charge in [0.2, 0.25) is 5.88 Å². The summed E-state index contributed by atoms with van der Waals surface area (Å²) >= 11 is 0. The van der Waals surface area contributed by atoms with Crippen LogP contribution in [0.5, 0.6) is 11.6 Å². The maximum absolute atomic E-state index is 12.1. The third-order valence-electron chi connectivity index (χ3n) is 4.82. The predicted molar refractivity (Wildman–Crippen MR) is 124 cm³/mol. The summed E-state index contributed by atoms with van der Waals surface area (Å²) in [4.78, 5) is 22.4. The van der Waals surface area contributed by atoms with E-state index in [4.69, 9.17) is 19.1 Å². The lowest BCUT2D eigenvalue weighted by Crippen LogP contribution is -2.19. The van der Waals surface area contributed by atoms with Gasteiger partial charge in [0.1, 0.15) is 19.5 Å². The maximum Gasteiger partial charge on any atom is 0.360 e. The first-order chi connectivity index (χ1) is 16.0. The standard InChI is InChI=1S/C24H26N4O5/c1-16-10-6-9-13-21(16)33-23-20(17(2)26-28(23)3)14-25-32-15-18-11-7-8-12-19(18)22(27-31-5)24(29)30-4/h6-14H,15H2,1-5H3/b25-14-,27-22+. The van der Waals surface area contributed by atoms with E-state index in [1.807, 2.05) is 44.2 Å². The van der Waals surface area contributed by atoms with Gasteiger partial charge in [-0.3, -0.25) is 0 Å². The monoisotopic (exact) mass is 450 g/mol. The van der Waals surface area contributed by atoms with Crippen LogP contribution in [0.25, 0.3) is 0 Å². The molecule has 9 heteroatoms. The fraction of sp³-hybridized carbons (Fsp3) is 0.250. The Kier molecular flexibility index (Phi) is 7.80. The Morgan fingerprint density at radius 3 is 2.55 bits per heavy atom. The fourth-order valence-electron chi connectivity index (χ4n) is 3.16. The molecule has 0 saturated carbocycles. The second kappa shape index (κ2) is 10.9. The molecule has 0 saturated heterocycles. The molecule has 3 aromatic rings. The summed E-state index contributed by atoms with van der Waals surface area (Å²) in [6.07, 6.45) is 1.56. The van der Waals surface area contributed by atoms with E-state index in [0.29, 0.717) is 22.6 Å². The molecular weight excluding hydrogens is 424 g/mol. The van der Waals surface area contributed by atoms with Crippen LogP contribution in [0.4, 0.5) is 0 Å². The number of methoxy groups -OCH3 is 1. The lowest BCUT2D eigenvalue weighted by molar-refractivity contribution is -0.132. The molecule has 0 fully saturated rings. The van der Waals surface area contributed by atoms with E-state index in [-0.39, 0.29) is 12.3 Å². The van der Waals surface area contributed by atoms with E-state index in [9.17, 15) is 4.79 Å². The van der Waals surface area contributed by atoms with E-state index in [1.54, 1.807) is 36.1 Å². The van der Waals surface area contributed by atoms with Crippen LogP contribution in [0.2, 0.25) is 0 Å². The van der Waals surface area contributed by atoms with Gasteiger partial charge >= 0.3 is 5.97 Å². The zero-order valence-electron chi connectivity index (χ0n) is 19.2. The number of para-hydroxylation sites is 1. The number of nitrogens with zero attached hydrogens (tertiary/aromatic N) is 4. The lowest BCUT2D eigenvalue weighted by Gasteiger charge is -2.10. The van der Waals surface area contributed by atoms with Gasteiger partial charge in [-0.15, -0.1) is 0 Å². The number of hydrogen-bond acceptors (Lipinski definition) is 8. The molecule has 172 valence electrons. The van der Waals surface area contributed by atoms with Crippen LogP contribution in [0.1, 0.15) is 27.9 Å². The Balaban J connectivity index is 1.78. The molecular formula is C24H26N4O5. The summed E-state index contributed by atoms with van der Waals surface area (Å²) in [5, 5.41) is 12.3. The Morgan fingerprint density at radius 2 is 1.82 bits per heavy atom. The van der Waals surface area contributed by atoms with Crippen LogP contribution in [-0.2, 0) is 32.9 Å². The van der Waals surface area contributed by atoms with Gasteiger partial charge in [-0.25, -0.2) is 9.48 Å². The van der Waals surface area contributed by atoms with Crippen molar-refractivity contribution in [1.29, 1.82) is 0 Å². The maximum atomic E-state index is 12.1. The zero-order chi connectivity index (χ0) is 23.8. The van der Waals surface area contributed by atoms with Crippen molar-refractivity contribution in [2.45, 2.75) is 20.5 Å². The third kappa shape index (κ3) is 5.57. The van der Waals surface area contributed by atoms with Gasteiger partial charge in [-0.2, -0.15) is 5.10 Å². The van der Waals surface area contributed by atoms with Crippen molar-refractivity contribution in [2.75, 3.05) is 14.2 Å². The largest absolute Gasteiger partial charge is 0.464 e. The van der Waals surface area contributed by atoms with Crippen LogP contribution in [-0.4, -0.2) is 41.9 Å². The van der Waals surface area contributed by atoms with E-state index >= 15 is 0 Å². The van der Waals surface area contributed by atoms with Gasteiger partial charge in [0.15, 0.2) is 5.71 Å². The topological polar surface area (TPSA) is 96.5 Å². The number of carbonyl (C=O) groups is 1. The normalized spacial score (nSPS) is 11.5. The molecule has 2 aromatic carbocycles. The highest BCUT2D eigenvalue weighted by Crippen LogP contribution is 2.28. The van der Waals surface area contributed by atoms with Crippen LogP contribution >= 0.6 is 0 Å². The molecule has 0 radical (unpaired) electrons. The Bertz CT molecular complexity index is 1180. The average Bonchev–Trinajstić information content (AvgIpc) is 3.08. The van der Waals surface area contributed by atoms with E-state index in [0.717, 1.165) is 17.0 Å². The number of ether oxygens (including phenoxy) is 2. The van der Waals surface area contributed by atoms with Crippen molar-refractivity contribution in [3.8, 4) is 11.6 Å². The molecule has 0 bridgehead atoms. The zero-order valence-corrected chi connectivity index (χ0v) is 19.2. The SMILES string of the molecule is CO/N=C(/C(=O)OC)c1ccccc1CO/N=C\c1c(C)nn(C)c1Oc1ccccc1C. The molecule has 1 aromatic heterocycles. The first-order valence-corrected chi connectivity index (χ1v) is 10.2. The molecule has 3 rings (SSSR count). The van der Waals surface area contributed by atoms with Crippen molar-refractivity contribution in [2.24, 2.45) is 17.4 Å². The molecule has 9 nitrogen and oxygen atoms in total. The molecule has 0 spiro atoms. The quantitative estimate of drug-likeness (QED) is 0.279. The summed E-state index contributed by atoms with van der Waals surface area (Å²) in [5.41, 5.74) is 3.71. The molecule has 0 amide bonds. The van der Waals surface area contributed by atoms with E-state index < -0.39 is 5.97 Å². The predicted octanol–water partition coefficient (Wildman–Crippen LogP) is 3.90. The van der Waals surface area contributed by atoms with Crippen LogP contribution in [0.15, 0.2) is 58.8 Å². The fourth-order valence-corrected chi connectivity index (χ4v) is 3.16. The van der Waals surface area contributed by atoms with Gasteiger partial charge in [0.05, 0.1) is 24.6 Å². The smallest absolute Gasteiger partial charge is 0.360 e.